The summed E-state index contributed by atoms with van der Waals surface area (Å²) in [6.45, 7) is 0.265. The minimum Gasteiger partial charge on any atom is -0.348 e. The molecule has 0 aliphatic heterocycles. The number of aromatic nitrogens is 2. The number of hydrogen-bond donors (Lipinski definition) is 1. The number of carbonyl (C=O) groups excluding carboxylic acids is 1. The summed E-state index contributed by atoms with van der Waals surface area (Å²) in [4.78, 5) is 21.0. The Balaban J connectivity index is 1.63. The Morgan fingerprint density at radius 2 is 1.57 bits per heavy atom. The topological polar surface area (TPSA) is 92.3 Å². The third kappa shape index (κ3) is 4.41. The van der Waals surface area contributed by atoms with Crippen molar-refractivity contribution in [2.24, 2.45) is 0 Å². The highest BCUT2D eigenvalue weighted by Crippen LogP contribution is 2.15. The lowest BCUT2D eigenvalue weighted by Gasteiger charge is -2.12. The average Bonchev–Trinajstić information content (AvgIpc) is 2.73. The minimum absolute atomic E-state index is 0.206. The van der Waals surface area contributed by atoms with Gasteiger partial charge in [0.15, 0.2) is 5.82 Å². The maximum Gasteiger partial charge on any atom is 0.254 e. The Morgan fingerprint density at radius 3 is 2.14 bits per heavy atom. The molecule has 144 valence electrons. The molecule has 0 aliphatic carbocycles. The van der Waals surface area contributed by atoms with Gasteiger partial charge in [0.25, 0.3) is 5.91 Å². The van der Waals surface area contributed by atoms with Gasteiger partial charge in [0, 0.05) is 38.6 Å². The highest BCUT2D eigenvalue weighted by Gasteiger charge is 2.16. The van der Waals surface area contributed by atoms with Gasteiger partial charge in [-0.3, -0.25) is 4.79 Å². The van der Waals surface area contributed by atoms with Crippen LogP contribution in [0.15, 0.2) is 71.9 Å². The fourth-order valence-corrected chi connectivity index (χ4v) is 3.36. The van der Waals surface area contributed by atoms with Crippen LogP contribution >= 0.6 is 0 Å². The van der Waals surface area contributed by atoms with E-state index in [4.69, 9.17) is 0 Å². The van der Waals surface area contributed by atoms with Crippen molar-refractivity contribution in [3.8, 4) is 11.4 Å². The predicted molar refractivity (Wildman–Crippen MR) is 106 cm³/mol. The van der Waals surface area contributed by atoms with Crippen LogP contribution in [0.25, 0.3) is 11.4 Å². The molecule has 7 nitrogen and oxygen atoms in total. The quantitative estimate of drug-likeness (QED) is 0.690. The number of nitrogens with zero attached hydrogens (tertiary/aromatic N) is 3. The van der Waals surface area contributed by atoms with Gasteiger partial charge in [0.2, 0.25) is 10.0 Å². The fraction of sp³-hybridized carbons (Fsp3) is 0.150. The first-order valence-corrected chi connectivity index (χ1v) is 9.99. The molecule has 0 spiro atoms. The second-order valence-electron chi connectivity index (χ2n) is 6.28. The van der Waals surface area contributed by atoms with Crippen LogP contribution in [0, 0.1) is 0 Å². The van der Waals surface area contributed by atoms with E-state index in [0.717, 1.165) is 15.4 Å². The molecule has 0 radical (unpaired) electrons. The molecule has 0 fully saturated rings. The van der Waals surface area contributed by atoms with Crippen molar-refractivity contribution < 1.29 is 13.2 Å². The van der Waals surface area contributed by atoms with Gasteiger partial charge < -0.3 is 5.32 Å². The van der Waals surface area contributed by atoms with Crippen LogP contribution in [0.3, 0.4) is 0 Å². The summed E-state index contributed by atoms with van der Waals surface area (Å²) in [5.74, 6) is 0.249. The number of hydrogen-bond acceptors (Lipinski definition) is 5. The van der Waals surface area contributed by atoms with Crippen molar-refractivity contribution in [1.82, 2.24) is 19.6 Å². The molecule has 0 unspecified atom stereocenters. The number of amides is 1. The first-order chi connectivity index (χ1) is 13.4. The molecule has 8 heteroatoms. The molecule has 1 N–H and O–H groups in total. The van der Waals surface area contributed by atoms with Crippen molar-refractivity contribution in [2.75, 3.05) is 14.1 Å². The van der Waals surface area contributed by atoms with E-state index in [9.17, 15) is 13.2 Å². The smallest absolute Gasteiger partial charge is 0.254 e. The van der Waals surface area contributed by atoms with Crippen LogP contribution in [0.4, 0.5) is 0 Å². The second kappa shape index (κ2) is 8.28. The first-order valence-electron chi connectivity index (χ1n) is 8.55. The molecule has 0 atom stereocenters. The van der Waals surface area contributed by atoms with Crippen molar-refractivity contribution in [1.29, 1.82) is 0 Å². The Labute approximate surface area is 164 Å². The van der Waals surface area contributed by atoms with E-state index in [2.05, 4.69) is 15.3 Å². The van der Waals surface area contributed by atoms with Crippen LogP contribution in [0.5, 0.6) is 0 Å². The Morgan fingerprint density at radius 1 is 0.964 bits per heavy atom. The van der Waals surface area contributed by atoms with Gasteiger partial charge in [-0.1, -0.05) is 42.5 Å². The van der Waals surface area contributed by atoms with E-state index in [-0.39, 0.29) is 17.3 Å². The lowest BCUT2D eigenvalue weighted by Crippen LogP contribution is -2.24. The molecule has 0 saturated heterocycles. The van der Waals surface area contributed by atoms with E-state index >= 15 is 0 Å². The average molecular weight is 396 g/mol. The number of nitrogens with one attached hydrogen (secondary N) is 1. The largest absolute Gasteiger partial charge is 0.348 e. The summed E-state index contributed by atoms with van der Waals surface area (Å²) >= 11 is 0. The fourth-order valence-electron chi connectivity index (χ4n) is 2.46. The van der Waals surface area contributed by atoms with Gasteiger partial charge in [-0.05, 0) is 17.7 Å². The monoisotopic (exact) mass is 396 g/mol. The van der Waals surface area contributed by atoms with E-state index < -0.39 is 10.0 Å². The summed E-state index contributed by atoms with van der Waals surface area (Å²) < 4.78 is 25.3. The zero-order valence-corrected chi connectivity index (χ0v) is 16.3. The maximum atomic E-state index is 12.3. The summed E-state index contributed by atoms with van der Waals surface area (Å²) in [7, 11) is -0.504. The van der Waals surface area contributed by atoms with E-state index in [0.29, 0.717) is 11.4 Å². The molecule has 3 rings (SSSR count). The Bertz CT molecular complexity index is 1050. The number of benzene rings is 2. The minimum atomic E-state index is -3.47. The molecule has 0 saturated carbocycles. The molecule has 1 heterocycles. The Kier molecular flexibility index (Phi) is 5.81. The maximum absolute atomic E-state index is 12.3. The number of sulfonamides is 1. The molecule has 0 aliphatic rings. The van der Waals surface area contributed by atoms with Crippen molar-refractivity contribution in [3.05, 3.63) is 78.1 Å². The van der Waals surface area contributed by atoms with Gasteiger partial charge in [0.1, 0.15) is 0 Å². The van der Waals surface area contributed by atoms with Gasteiger partial charge in [0.05, 0.1) is 10.5 Å². The molecular formula is C20H20N4O3S. The zero-order chi connectivity index (χ0) is 20.1. The van der Waals surface area contributed by atoms with Crippen molar-refractivity contribution >= 4 is 15.9 Å². The van der Waals surface area contributed by atoms with Crippen LogP contribution < -0.4 is 5.32 Å². The molecule has 0 bridgehead atoms. The van der Waals surface area contributed by atoms with Crippen molar-refractivity contribution in [3.63, 3.8) is 0 Å². The van der Waals surface area contributed by atoms with Crippen LogP contribution in [-0.4, -0.2) is 42.7 Å². The number of rotatable bonds is 6. The summed E-state index contributed by atoms with van der Waals surface area (Å²) in [5.41, 5.74) is 2.02. The molecule has 2 aromatic carbocycles. The number of carbonyl (C=O) groups is 1. The third-order valence-corrected chi connectivity index (χ3v) is 5.93. The Hall–Kier alpha value is -3.10. The van der Waals surface area contributed by atoms with Crippen LogP contribution in [0.2, 0.25) is 0 Å². The normalized spacial score (nSPS) is 11.4. The van der Waals surface area contributed by atoms with E-state index in [1.165, 1.54) is 38.6 Å². The van der Waals surface area contributed by atoms with Crippen molar-refractivity contribution in [2.45, 2.75) is 11.4 Å². The first kappa shape index (κ1) is 19.7. The molecule has 1 aromatic heterocycles. The summed E-state index contributed by atoms with van der Waals surface area (Å²) in [6.07, 6.45) is 2.97. The molecular weight excluding hydrogens is 376 g/mol. The molecule has 3 aromatic rings. The van der Waals surface area contributed by atoms with Gasteiger partial charge in [-0.25, -0.2) is 22.7 Å². The van der Waals surface area contributed by atoms with Crippen LogP contribution in [0.1, 0.15) is 15.9 Å². The van der Waals surface area contributed by atoms with Crippen LogP contribution in [-0.2, 0) is 16.6 Å². The van der Waals surface area contributed by atoms with E-state index in [1.54, 1.807) is 12.1 Å². The summed E-state index contributed by atoms with van der Waals surface area (Å²) in [5, 5.41) is 2.78. The lowest BCUT2D eigenvalue weighted by molar-refractivity contribution is 0.0950. The summed E-state index contributed by atoms with van der Waals surface area (Å²) in [6, 6.07) is 15.9. The SMILES string of the molecule is CN(C)S(=O)(=O)c1ccc(CNC(=O)c2cnc(-c3ccccc3)nc2)cc1. The van der Waals surface area contributed by atoms with Gasteiger partial charge >= 0.3 is 0 Å². The molecule has 1 amide bonds. The van der Waals surface area contributed by atoms with Gasteiger partial charge in [-0.2, -0.15) is 0 Å². The highest BCUT2D eigenvalue weighted by atomic mass is 32.2. The third-order valence-electron chi connectivity index (χ3n) is 4.10. The zero-order valence-electron chi connectivity index (χ0n) is 15.5. The predicted octanol–water partition coefficient (Wildman–Crippen LogP) is 2.32. The standard InChI is InChI=1S/C20H20N4O3S/c1-24(2)28(26,27)18-10-8-15(9-11-18)12-23-20(25)17-13-21-19(22-14-17)16-6-4-3-5-7-16/h3-11,13-14H,12H2,1-2H3,(H,23,25). The molecule has 28 heavy (non-hydrogen) atoms. The lowest BCUT2D eigenvalue weighted by atomic mass is 10.2. The van der Waals surface area contributed by atoms with Gasteiger partial charge in [-0.15, -0.1) is 0 Å². The second-order valence-corrected chi connectivity index (χ2v) is 8.43. The van der Waals surface area contributed by atoms with E-state index in [1.807, 2.05) is 30.3 Å². The highest BCUT2D eigenvalue weighted by molar-refractivity contribution is 7.89.